The molecule has 0 amide bonds. The van der Waals surface area contributed by atoms with Crippen molar-refractivity contribution in [1.29, 1.82) is 5.26 Å². The van der Waals surface area contributed by atoms with Crippen LogP contribution in [0.2, 0.25) is 0 Å². The summed E-state index contributed by atoms with van der Waals surface area (Å²) < 4.78 is 26.2. The fourth-order valence-electron chi connectivity index (χ4n) is 1.91. The van der Waals surface area contributed by atoms with E-state index >= 15 is 0 Å². The topological polar surface area (TPSA) is 98.6 Å². The molecule has 0 aromatic carbocycles. The number of aromatic amines is 1. The molecule has 1 saturated carbocycles. The quantitative estimate of drug-likeness (QED) is 0.797. The Morgan fingerprint density at radius 3 is 3.00 bits per heavy atom. The van der Waals surface area contributed by atoms with Crippen molar-refractivity contribution in [2.75, 3.05) is 0 Å². The Balaban J connectivity index is 2.13. The highest BCUT2D eigenvalue weighted by atomic mass is 32.2. The van der Waals surface area contributed by atoms with Crippen molar-refractivity contribution in [3.63, 3.8) is 0 Å². The van der Waals surface area contributed by atoms with Gasteiger partial charge >= 0.3 is 0 Å². The molecule has 7 heteroatoms. The lowest BCUT2D eigenvalue weighted by Gasteiger charge is -2.14. The number of aromatic nitrogens is 2. The average Bonchev–Trinajstić information content (AvgIpc) is 2.86. The predicted molar refractivity (Wildman–Crippen MR) is 55.7 cm³/mol. The summed E-state index contributed by atoms with van der Waals surface area (Å²) in [4.78, 5) is 0.107. The first-order valence-corrected chi connectivity index (χ1v) is 6.52. The minimum absolute atomic E-state index is 0.107. The third kappa shape index (κ3) is 2.08. The standard InChI is InChI=1S/C9H12N4O2S/c10-4-7-2-1-3-9(7)13-16(14,15)8-5-11-12-6-8/h5-7,9,13H,1-3H2,(H,11,12). The molecule has 1 heterocycles. The van der Waals surface area contributed by atoms with Gasteiger partial charge in [0.05, 0.1) is 18.2 Å². The number of nitrogens with zero attached hydrogens (tertiary/aromatic N) is 2. The summed E-state index contributed by atoms with van der Waals surface area (Å²) in [5.74, 6) is -0.221. The minimum atomic E-state index is -3.54. The molecular formula is C9H12N4O2S. The highest BCUT2D eigenvalue weighted by Gasteiger charge is 2.31. The molecule has 16 heavy (non-hydrogen) atoms. The summed E-state index contributed by atoms with van der Waals surface area (Å²) in [7, 11) is -3.54. The van der Waals surface area contributed by atoms with Gasteiger partial charge in [0, 0.05) is 12.2 Å². The Morgan fingerprint density at radius 2 is 2.38 bits per heavy atom. The van der Waals surface area contributed by atoms with Gasteiger partial charge in [-0.25, -0.2) is 13.1 Å². The zero-order valence-electron chi connectivity index (χ0n) is 8.55. The summed E-state index contributed by atoms with van der Waals surface area (Å²) in [6, 6.07) is 1.86. The maximum Gasteiger partial charge on any atom is 0.243 e. The fourth-order valence-corrected chi connectivity index (χ4v) is 3.13. The molecule has 0 spiro atoms. The second kappa shape index (κ2) is 4.23. The lowest BCUT2D eigenvalue weighted by molar-refractivity contribution is 0.515. The van der Waals surface area contributed by atoms with E-state index in [-0.39, 0.29) is 16.9 Å². The van der Waals surface area contributed by atoms with Crippen LogP contribution in [0.15, 0.2) is 17.3 Å². The average molecular weight is 240 g/mol. The number of nitrogens with one attached hydrogen (secondary N) is 2. The molecule has 2 N–H and O–H groups in total. The molecule has 1 aromatic rings. The van der Waals surface area contributed by atoms with Gasteiger partial charge in [-0.15, -0.1) is 0 Å². The largest absolute Gasteiger partial charge is 0.284 e. The van der Waals surface area contributed by atoms with Gasteiger partial charge < -0.3 is 0 Å². The second-order valence-electron chi connectivity index (χ2n) is 3.83. The van der Waals surface area contributed by atoms with Crippen LogP contribution in [0.1, 0.15) is 19.3 Å². The number of hydrogen-bond acceptors (Lipinski definition) is 4. The van der Waals surface area contributed by atoms with Crippen molar-refractivity contribution in [2.24, 2.45) is 5.92 Å². The van der Waals surface area contributed by atoms with E-state index in [2.05, 4.69) is 21.0 Å². The molecule has 1 aliphatic carbocycles. The van der Waals surface area contributed by atoms with Crippen molar-refractivity contribution >= 4 is 10.0 Å². The monoisotopic (exact) mass is 240 g/mol. The molecular weight excluding hydrogens is 228 g/mol. The molecule has 86 valence electrons. The number of sulfonamides is 1. The van der Waals surface area contributed by atoms with E-state index in [4.69, 9.17) is 5.26 Å². The van der Waals surface area contributed by atoms with Gasteiger partial charge in [0.2, 0.25) is 10.0 Å². The molecule has 6 nitrogen and oxygen atoms in total. The van der Waals surface area contributed by atoms with Crippen LogP contribution in [0, 0.1) is 17.2 Å². The van der Waals surface area contributed by atoms with E-state index in [9.17, 15) is 8.42 Å². The third-order valence-electron chi connectivity index (χ3n) is 2.77. The predicted octanol–water partition coefficient (Wildman–Crippen LogP) is 0.380. The molecule has 0 aliphatic heterocycles. The lowest BCUT2D eigenvalue weighted by Crippen LogP contribution is -2.36. The summed E-state index contributed by atoms with van der Waals surface area (Å²) in [5, 5.41) is 14.9. The van der Waals surface area contributed by atoms with Crippen molar-refractivity contribution in [1.82, 2.24) is 14.9 Å². The van der Waals surface area contributed by atoms with Gasteiger partial charge in [-0.2, -0.15) is 10.4 Å². The normalized spacial score (nSPS) is 25.4. The SMILES string of the molecule is N#CC1CCCC1NS(=O)(=O)c1cn[nH]c1. The summed E-state index contributed by atoms with van der Waals surface area (Å²) >= 11 is 0. The Bertz CT molecular complexity index is 488. The molecule has 1 aromatic heterocycles. The van der Waals surface area contributed by atoms with Crippen LogP contribution < -0.4 is 4.72 Å². The molecule has 2 atom stereocenters. The zero-order chi connectivity index (χ0) is 11.6. The highest BCUT2D eigenvalue weighted by molar-refractivity contribution is 7.89. The van der Waals surface area contributed by atoms with E-state index in [1.54, 1.807) is 0 Å². The van der Waals surface area contributed by atoms with Crippen LogP contribution in [-0.2, 0) is 10.0 Å². The third-order valence-corrected chi connectivity index (χ3v) is 4.23. The van der Waals surface area contributed by atoms with Crippen LogP contribution in [-0.4, -0.2) is 24.7 Å². The van der Waals surface area contributed by atoms with Gasteiger partial charge in [0.25, 0.3) is 0 Å². The highest BCUT2D eigenvalue weighted by Crippen LogP contribution is 2.26. The smallest absolute Gasteiger partial charge is 0.243 e. The van der Waals surface area contributed by atoms with Gasteiger partial charge in [-0.1, -0.05) is 6.42 Å². The van der Waals surface area contributed by atoms with E-state index in [0.717, 1.165) is 19.3 Å². The Kier molecular flexibility index (Phi) is 2.94. The van der Waals surface area contributed by atoms with Crippen molar-refractivity contribution in [3.05, 3.63) is 12.4 Å². The van der Waals surface area contributed by atoms with Crippen LogP contribution in [0.3, 0.4) is 0 Å². The summed E-state index contributed by atoms with van der Waals surface area (Å²) in [6.07, 6.45) is 4.93. The maximum absolute atomic E-state index is 11.8. The van der Waals surface area contributed by atoms with Gasteiger partial charge in [-0.05, 0) is 12.8 Å². The van der Waals surface area contributed by atoms with Crippen molar-refractivity contribution in [2.45, 2.75) is 30.2 Å². The molecule has 0 bridgehead atoms. The first-order valence-electron chi connectivity index (χ1n) is 5.04. The molecule has 2 rings (SSSR count). The molecule has 1 fully saturated rings. The molecule has 1 aliphatic rings. The Hall–Kier alpha value is -1.39. The van der Waals surface area contributed by atoms with Gasteiger partial charge in [0.1, 0.15) is 4.90 Å². The Labute approximate surface area is 93.7 Å². The molecule has 0 radical (unpaired) electrons. The maximum atomic E-state index is 11.8. The Morgan fingerprint density at radius 1 is 1.56 bits per heavy atom. The van der Waals surface area contributed by atoms with Gasteiger partial charge in [-0.3, -0.25) is 5.10 Å². The van der Waals surface area contributed by atoms with Crippen LogP contribution >= 0.6 is 0 Å². The zero-order valence-corrected chi connectivity index (χ0v) is 9.37. The summed E-state index contributed by atoms with van der Waals surface area (Å²) in [6.45, 7) is 0. The number of hydrogen-bond donors (Lipinski definition) is 2. The van der Waals surface area contributed by atoms with Crippen LogP contribution in [0.25, 0.3) is 0 Å². The van der Waals surface area contributed by atoms with E-state index in [1.165, 1.54) is 12.4 Å². The first kappa shape index (κ1) is 11.1. The van der Waals surface area contributed by atoms with Crippen LogP contribution in [0.4, 0.5) is 0 Å². The lowest BCUT2D eigenvalue weighted by atomic mass is 10.1. The number of H-pyrrole nitrogens is 1. The number of rotatable bonds is 3. The van der Waals surface area contributed by atoms with Crippen LogP contribution in [0.5, 0.6) is 0 Å². The van der Waals surface area contributed by atoms with Crippen molar-refractivity contribution in [3.8, 4) is 6.07 Å². The number of nitriles is 1. The van der Waals surface area contributed by atoms with E-state index in [1.807, 2.05) is 0 Å². The molecule has 2 unspecified atom stereocenters. The minimum Gasteiger partial charge on any atom is -0.284 e. The molecule has 0 saturated heterocycles. The van der Waals surface area contributed by atoms with Gasteiger partial charge in [0.15, 0.2) is 0 Å². The summed E-state index contributed by atoms with van der Waals surface area (Å²) in [5.41, 5.74) is 0. The fraction of sp³-hybridized carbons (Fsp3) is 0.556. The van der Waals surface area contributed by atoms with Crippen molar-refractivity contribution < 1.29 is 8.42 Å². The second-order valence-corrected chi connectivity index (χ2v) is 5.54. The van der Waals surface area contributed by atoms with E-state index in [0.29, 0.717) is 0 Å². The van der Waals surface area contributed by atoms with E-state index < -0.39 is 10.0 Å². The first-order chi connectivity index (χ1) is 7.63.